The molecule has 2 amide bonds. The number of anilines is 1. The number of amides is 2. The van der Waals surface area contributed by atoms with Gasteiger partial charge in [0, 0.05) is 23.4 Å². The lowest BCUT2D eigenvalue weighted by Gasteiger charge is -2.18. The van der Waals surface area contributed by atoms with Crippen LogP contribution < -0.4 is 10.6 Å². The molecule has 2 rings (SSSR count). The summed E-state index contributed by atoms with van der Waals surface area (Å²) >= 11 is 0. The van der Waals surface area contributed by atoms with E-state index in [1.54, 1.807) is 12.3 Å². The zero-order chi connectivity index (χ0) is 17.7. The first kappa shape index (κ1) is 17.7. The predicted molar refractivity (Wildman–Crippen MR) is 95.9 cm³/mol. The first-order chi connectivity index (χ1) is 11.3. The minimum atomic E-state index is -0.0976. The second-order valence-corrected chi connectivity index (χ2v) is 6.94. The minimum absolute atomic E-state index is 0.0304. The molecule has 24 heavy (non-hydrogen) atoms. The molecule has 2 N–H and O–H groups in total. The van der Waals surface area contributed by atoms with Crippen LogP contribution >= 0.6 is 0 Å². The van der Waals surface area contributed by atoms with Gasteiger partial charge in [0.15, 0.2) is 0 Å². The highest BCUT2D eigenvalue weighted by atomic mass is 16.1. The monoisotopic (exact) mass is 325 g/mol. The highest BCUT2D eigenvalue weighted by molar-refractivity contribution is 5.95. The van der Waals surface area contributed by atoms with E-state index in [4.69, 9.17) is 0 Å². The van der Waals surface area contributed by atoms with Crippen LogP contribution in [-0.4, -0.2) is 23.8 Å². The van der Waals surface area contributed by atoms with Gasteiger partial charge in [0.1, 0.15) is 0 Å². The lowest BCUT2D eigenvalue weighted by molar-refractivity contribution is -0.105. The molecule has 0 unspecified atom stereocenters. The van der Waals surface area contributed by atoms with E-state index in [0.717, 1.165) is 16.8 Å². The maximum absolute atomic E-state index is 12.3. The van der Waals surface area contributed by atoms with Gasteiger partial charge >= 0.3 is 0 Å². The molecular weight excluding hydrogens is 302 g/mol. The number of aryl methyl sites for hydroxylation is 1. The molecule has 0 saturated carbocycles. The van der Waals surface area contributed by atoms with Crippen molar-refractivity contribution in [2.45, 2.75) is 27.7 Å². The van der Waals surface area contributed by atoms with E-state index in [1.165, 1.54) is 0 Å². The molecule has 2 aromatic rings. The molecule has 1 aromatic heterocycles. The van der Waals surface area contributed by atoms with Crippen LogP contribution in [0.1, 0.15) is 36.8 Å². The van der Waals surface area contributed by atoms with Crippen molar-refractivity contribution in [1.82, 2.24) is 10.3 Å². The number of nitrogens with zero attached hydrogens (tertiary/aromatic N) is 1. The van der Waals surface area contributed by atoms with Crippen LogP contribution in [0.2, 0.25) is 0 Å². The van der Waals surface area contributed by atoms with Gasteiger partial charge in [-0.05, 0) is 36.1 Å². The van der Waals surface area contributed by atoms with Crippen molar-refractivity contribution in [1.29, 1.82) is 0 Å². The number of pyridine rings is 1. The van der Waals surface area contributed by atoms with Gasteiger partial charge < -0.3 is 10.6 Å². The van der Waals surface area contributed by atoms with E-state index in [9.17, 15) is 9.59 Å². The van der Waals surface area contributed by atoms with Crippen molar-refractivity contribution in [2.24, 2.45) is 5.41 Å². The summed E-state index contributed by atoms with van der Waals surface area (Å²) in [6.07, 6.45) is 2.22. The number of nitrogens with one attached hydrogen (secondary N) is 2. The van der Waals surface area contributed by atoms with Crippen LogP contribution in [0.25, 0.3) is 11.1 Å². The third-order valence-electron chi connectivity index (χ3n) is 3.53. The van der Waals surface area contributed by atoms with Crippen molar-refractivity contribution in [2.75, 3.05) is 11.9 Å². The molecule has 5 nitrogen and oxygen atoms in total. The second kappa shape index (κ2) is 7.25. The Morgan fingerprint density at radius 1 is 1.25 bits per heavy atom. The number of carbonyl (C=O) groups excluding carboxylic acids is 2. The Balaban J connectivity index is 2.29. The molecule has 1 heterocycles. The summed E-state index contributed by atoms with van der Waals surface area (Å²) in [5.41, 5.74) is 3.85. The molecule has 0 aliphatic heterocycles. The summed E-state index contributed by atoms with van der Waals surface area (Å²) in [6, 6.07) is 9.25. The molecule has 0 bridgehead atoms. The molecule has 0 atom stereocenters. The minimum Gasteiger partial charge on any atom is -0.352 e. The quantitative estimate of drug-likeness (QED) is 0.828. The second-order valence-electron chi connectivity index (χ2n) is 6.94. The van der Waals surface area contributed by atoms with Crippen LogP contribution in [0.3, 0.4) is 0 Å². The van der Waals surface area contributed by atoms with E-state index < -0.39 is 0 Å². The Hall–Kier alpha value is -2.69. The van der Waals surface area contributed by atoms with E-state index in [1.807, 2.05) is 31.2 Å². The molecule has 1 aromatic carbocycles. The van der Waals surface area contributed by atoms with Crippen molar-refractivity contribution in [3.8, 4) is 11.1 Å². The smallest absolute Gasteiger partial charge is 0.251 e. The van der Waals surface area contributed by atoms with Gasteiger partial charge in [0.25, 0.3) is 5.91 Å². The van der Waals surface area contributed by atoms with Gasteiger partial charge in [-0.15, -0.1) is 0 Å². The Morgan fingerprint density at radius 3 is 2.67 bits per heavy atom. The number of aromatic nitrogens is 1. The normalized spacial score (nSPS) is 11.0. The maximum Gasteiger partial charge on any atom is 0.251 e. The molecule has 0 saturated heterocycles. The third kappa shape index (κ3) is 4.65. The van der Waals surface area contributed by atoms with E-state index >= 15 is 0 Å². The molecule has 126 valence electrons. The molecule has 0 fully saturated rings. The van der Waals surface area contributed by atoms with Gasteiger partial charge in [0.05, 0.1) is 11.9 Å². The summed E-state index contributed by atoms with van der Waals surface area (Å²) in [4.78, 5) is 27.3. The van der Waals surface area contributed by atoms with Crippen LogP contribution in [0.5, 0.6) is 0 Å². The van der Waals surface area contributed by atoms with Gasteiger partial charge in [-0.3, -0.25) is 14.6 Å². The summed E-state index contributed by atoms with van der Waals surface area (Å²) < 4.78 is 0. The molecule has 0 aliphatic carbocycles. The average Bonchev–Trinajstić information content (AvgIpc) is 2.54. The fourth-order valence-corrected chi connectivity index (χ4v) is 2.25. The number of carbonyl (C=O) groups is 2. The van der Waals surface area contributed by atoms with Gasteiger partial charge in [-0.25, -0.2) is 0 Å². The topological polar surface area (TPSA) is 71.1 Å². The summed E-state index contributed by atoms with van der Waals surface area (Å²) in [6.45, 7) is 8.72. The maximum atomic E-state index is 12.3. The summed E-state index contributed by atoms with van der Waals surface area (Å²) in [7, 11) is 0. The van der Waals surface area contributed by atoms with E-state index in [-0.39, 0.29) is 11.3 Å². The number of benzene rings is 1. The Labute approximate surface area is 142 Å². The Bertz CT molecular complexity index is 749. The highest BCUT2D eigenvalue weighted by Gasteiger charge is 2.14. The van der Waals surface area contributed by atoms with E-state index in [0.29, 0.717) is 24.2 Å². The zero-order valence-corrected chi connectivity index (χ0v) is 14.5. The fraction of sp³-hybridized carbons (Fsp3) is 0.316. The number of hydrogen-bond donors (Lipinski definition) is 2. The lowest BCUT2D eigenvalue weighted by atomic mass is 9.96. The number of hydrogen-bond acceptors (Lipinski definition) is 3. The third-order valence-corrected chi connectivity index (χ3v) is 3.53. The molecule has 0 spiro atoms. The van der Waals surface area contributed by atoms with Crippen LogP contribution in [0.4, 0.5) is 5.69 Å². The molecule has 5 heteroatoms. The van der Waals surface area contributed by atoms with Gasteiger partial charge in [0.2, 0.25) is 6.41 Å². The average molecular weight is 325 g/mol. The van der Waals surface area contributed by atoms with Crippen LogP contribution in [0.15, 0.2) is 36.5 Å². The standard InChI is InChI=1S/C19H23N3O2/c1-13-17(9-16(10-20-13)22-12-23)14-6-5-7-15(8-14)18(24)21-11-19(2,3)4/h5-10,12H,11H2,1-4H3,(H,21,24)(H,22,23). The molecule has 0 radical (unpaired) electrons. The molecule has 0 aliphatic rings. The first-order valence-electron chi connectivity index (χ1n) is 7.85. The highest BCUT2D eigenvalue weighted by Crippen LogP contribution is 2.25. The van der Waals surface area contributed by atoms with Gasteiger partial charge in [-0.2, -0.15) is 0 Å². The SMILES string of the molecule is Cc1ncc(NC=O)cc1-c1cccc(C(=O)NCC(C)(C)C)c1. The van der Waals surface area contributed by atoms with Crippen molar-refractivity contribution < 1.29 is 9.59 Å². The molecular formula is C19H23N3O2. The summed E-state index contributed by atoms with van der Waals surface area (Å²) in [5, 5.41) is 5.55. The fourth-order valence-electron chi connectivity index (χ4n) is 2.25. The number of rotatable bonds is 5. The van der Waals surface area contributed by atoms with Crippen molar-refractivity contribution >= 4 is 18.0 Å². The first-order valence-corrected chi connectivity index (χ1v) is 7.85. The van der Waals surface area contributed by atoms with Crippen LogP contribution in [-0.2, 0) is 4.79 Å². The van der Waals surface area contributed by atoms with Crippen molar-refractivity contribution in [3.63, 3.8) is 0 Å². The predicted octanol–water partition coefficient (Wildman–Crippen LogP) is 3.40. The lowest BCUT2D eigenvalue weighted by Crippen LogP contribution is -2.32. The summed E-state index contributed by atoms with van der Waals surface area (Å²) in [5.74, 6) is -0.0976. The van der Waals surface area contributed by atoms with Crippen molar-refractivity contribution in [3.05, 3.63) is 47.8 Å². The van der Waals surface area contributed by atoms with E-state index in [2.05, 4.69) is 36.4 Å². The van der Waals surface area contributed by atoms with Crippen LogP contribution in [0, 0.1) is 12.3 Å². The Kier molecular flexibility index (Phi) is 5.34. The zero-order valence-electron chi connectivity index (χ0n) is 14.5. The Morgan fingerprint density at radius 2 is 2.00 bits per heavy atom. The largest absolute Gasteiger partial charge is 0.352 e. The van der Waals surface area contributed by atoms with Gasteiger partial charge in [-0.1, -0.05) is 32.9 Å².